The van der Waals surface area contributed by atoms with Gasteiger partial charge in [-0.15, -0.1) is 0 Å². The van der Waals surface area contributed by atoms with E-state index in [9.17, 15) is 4.79 Å². The Labute approximate surface area is 156 Å². The molecule has 0 atom stereocenters. The average molecular weight is 372 g/mol. The summed E-state index contributed by atoms with van der Waals surface area (Å²) in [6.45, 7) is 16.2. The van der Waals surface area contributed by atoms with E-state index in [1.807, 2.05) is 0 Å². The molecule has 0 bridgehead atoms. The first kappa shape index (κ1) is 22.6. The molecule has 0 spiro atoms. The number of carbonyl (C=O) groups is 1. The summed E-state index contributed by atoms with van der Waals surface area (Å²) < 4.78 is 6.77. The minimum Gasteiger partial charge on any atom is -0.412 e. The number of nitrogens with zero attached hydrogens (tertiary/aromatic N) is 1. The lowest BCUT2D eigenvalue weighted by atomic mass is 9.74. The molecule has 0 aromatic heterocycles. The van der Waals surface area contributed by atoms with Gasteiger partial charge in [0.2, 0.25) is 5.91 Å². The Kier molecular flexibility index (Phi) is 7.73. The molecule has 5 heteroatoms. The predicted molar refractivity (Wildman–Crippen MR) is 107 cm³/mol. The average Bonchev–Trinajstić information content (AvgIpc) is 2.50. The molecule has 0 aromatic carbocycles. The molecule has 0 radical (unpaired) electrons. The maximum Gasteiger partial charge on any atom is 0.245 e. The van der Waals surface area contributed by atoms with Crippen molar-refractivity contribution in [3.8, 4) is 0 Å². The number of amides is 1. The molecular formula is C20H41NO3Si. The van der Waals surface area contributed by atoms with Crippen LogP contribution in [0.2, 0.25) is 18.1 Å². The molecule has 0 unspecified atom stereocenters. The van der Waals surface area contributed by atoms with E-state index in [1.165, 1.54) is 37.9 Å². The Morgan fingerprint density at radius 2 is 1.60 bits per heavy atom. The highest BCUT2D eigenvalue weighted by atomic mass is 28.4. The molecule has 4 nitrogen and oxygen atoms in total. The van der Waals surface area contributed by atoms with E-state index in [0.717, 1.165) is 6.42 Å². The second kappa shape index (κ2) is 8.53. The summed E-state index contributed by atoms with van der Waals surface area (Å²) in [5.41, 5.74) is -0.0555. The van der Waals surface area contributed by atoms with Crippen molar-refractivity contribution in [1.29, 1.82) is 0 Å². The lowest BCUT2D eigenvalue weighted by Crippen LogP contribution is -2.50. The molecular weight excluding hydrogens is 330 g/mol. The molecule has 0 N–H and O–H groups in total. The van der Waals surface area contributed by atoms with Crippen LogP contribution in [0.1, 0.15) is 73.1 Å². The Morgan fingerprint density at radius 1 is 1.08 bits per heavy atom. The Hall–Kier alpha value is -0.393. The van der Waals surface area contributed by atoms with Crippen molar-refractivity contribution in [2.75, 3.05) is 14.2 Å². The van der Waals surface area contributed by atoms with Crippen LogP contribution < -0.4 is 0 Å². The third-order valence-corrected chi connectivity index (χ3v) is 11.2. The summed E-state index contributed by atoms with van der Waals surface area (Å²) in [7, 11) is 1.46. The highest BCUT2D eigenvalue weighted by Crippen LogP contribution is 2.44. The van der Waals surface area contributed by atoms with Crippen molar-refractivity contribution in [3.05, 3.63) is 0 Å². The van der Waals surface area contributed by atoms with Crippen molar-refractivity contribution < 1.29 is 14.1 Å². The van der Waals surface area contributed by atoms with Gasteiger partial charge in [-0.05, 0) is 63.1 Å². The molecule has 1 aliphatic carbocycles. The quantitative estimate of drug-likeness (QED) is 0.444. The van der Waals surface area contributed by atoms with Gasteiger partial charge in [-0.2, -0.15) is 0 Å². The van der Waals surface area contributed by atoms with Crippen LogP contribution in [0.5, 0.6) is 0 Å². The summed E-state index contributed by atoms with van der Waals surface area (Å²) in [6.07, 6.45) is 6.39. The minimum absolute atomic E-state index is 0.0555. The fourth-order valence-corrected chi connectivity index (χ4v) is 5.42. The molecule has 0 aromatic rings. The van der Waals surface area contributed by atoms with E-state index < -0.39 is 8.32 Å². The Bertz CT molecular complexity index is 435. The molecule has 0 saturated heterocycles. The van der Waals surface area contributed by atoms with Gasteiger partial charge in [-0.3, -0.25) is 9.63 Å². The summed E-state index contributed by atoms with van der Waals surface area (Å²) in [5, 5.41) is 1.58. The number of hydroxylamine groups is 2. The largest absolute Gasteiger partial charge is 0.412 e. The molecule has 148 valence electrons. The van der Waals surface area contributed by atoms with Gasteiger partial charge in [-0.1, -0.05) is 33.6 Å². The molecule has 1 amide bonds. The first-order chi connectivity index (χ1) is 11.3. The molecule has 0 heterocycles. The smallest absolute Gasteiger partial charge is 0.245 e. The highest BCUT2D eigenvalue weighted by Gasteiger charge is 2.44. The molecule has 1 saturated carbocycles. The van der Waals surface area contributed by atoms with E-state index >= 15 is 0 Å². The van der Waals surface area contributed by atoms with Crippen LogP contribution in [-0.4, -0.2) is 39.0 Å². The van der Waals surface area contributed by atoms with E-state index in [2.05, 4.69) is 47.7 Å². The standard InChI is InChI=1S/C20H41NO3Si/c1-19(2,3)25(8,9)24-20(4,5)17-13-10-16(11-14-17)12-15-18(22)21(6)23-7/h16-17H,10-15H2,1-9H3/t16-,17-. The Balaban J connectivity index is 2.51. The van der Waals surface area contributed by atoms with E-state index in [0.29, 0.717) is 18.3 Å². The number of hydrogen-bond acceptors (Lipinski definition) is 3. The lowest BCUT2D eigenvalue weighted by Gasteiger charge is -2.47. The predicted octanol–water partition coefficient (Wildman–Crippen LogP) is 5.39. The fraction of sp³-hybridized carbons (Fsp3) is 0.950. The van der Waals surface area contributed by atoms with Crippen molar-refractivity contribution in [3.63, 3.8) is 0 Å². The summed E-state index contributed by atoms with van der Waals surface area (Å²) in [6, 6.07) is 0. The zero-order valence-electron chi connectivity index (χ0n) is 18.1. The van der Waals surface area contributed by atoms with Crippen molar-refractivity contribution in [2.24, 2.45) is 11.8 Å². The highest BCUT2D eigenvalue weighted by molar-refractivity contribution is 6.74. The summed E-state index contributed by atoms with van der Waals surface area (Å²) in [4.78, 5) is 16.8. The lowest BCUT2D eigenvalue weighted by molar-refractivity contribution is -0.169. The third-order valence-electron chi connectivity index (χ3n) is 6.55. The van der Waals surface area contributed by atoms with Gasteiger partial charge in [0, 0.05) is 13.5 Å². The Morgan fingerprint density at radius 3 is 2.04 bits per heavy atom. The van der Waals surface area contributed by atoms with Gasteiger partial charge in [0.15, 0.2) is 8.32 Å². The van der Waals surface area contributed by atoms with Crippen molar-refractivity contribution in [2.45, 2.75) is 96.9 Å². The van der Waals surface area contributed by atoms with Gasteiger partial charge < -0.3 is 4.43 Å². The monoisotopic (exact) mass is 371 g/mol. The summed E-state index contributed by atoms with van der Waals surface area (Å²) in [5.74, 6) is 1.36. The molecule has 1 rings (SSSR count). The van der Waals surface area contributed by atoms with E-state index in [1.54, 1.807) is 7.05 Å². The van der Waals surface area contributed by atoms with Crippen molar-refractivity contribution >= 4 is 14.2 Å². The van der Waals surface area contributed by atoms with Crippen molar-refractivity contribution in [1.82, 2.24) is 5.06 Å². The van der Waals surface area contributed by atoms with Gasteiger partial charge in [0.25, 0.3) is 0 Å². The van der Waals surface area contributed by atoms with Crippen LogP contribution in [-0.2, 0) is 14.1 Å². The maximum atomic E-state index is 11.9. The molecule has 1 fully saturated rings. The summed E-state index contributed by atoms with van der Waals surface area (Å²) >= 11 is 0. The van der Waals surface area contributed by atoms with Crippen LogP contribution >= 0.6 is 0 Å². The molecule has 0 aliphatic heterocycles. The van der Waals surface area contributed by atoms with Gasteiger partial charge in [-0.25, -0.2) is 5.06 Å². The second-order valence-electron chi connectivity index (χ2n) is 9.80. The molecule has 1 aliphatic rings. The van der Waals surface area contributed by atoms with Gasteiger partial charge >= 0.3 is 0 Å². The van der Waals surface area contributed by atoms with Crippen LogP contribution in [0.3, 0.4) is 0 Å². The van der Waals surface area contributed by atoms with Crippen LogP contribution in [0, 0.1) is 11.8 Å². The second-order valence-corrected chi connectivity index (χ2v) is 14.5. The topological polar surface area (TPSA) is 38.8 Å². The first-order valence-corrected chi connectivity index (χ1v) is 12.7. The minimum atomic E-state index is -1.75. The van der Waals surface area contributed by atoms with Crippen LogP contribution in [0.25, 0.3) is 0 Å². The number of carbonyl (C=O) groups excluding carboxylic acids is 1. The number of rotatable bonds is 7. The van der Waals surface area contributed by atoms with Crippen LogP contribution in [0.15, 0.2) is 0 Å². The van der Waals surface area contributed by atoms with E-state index in [-0.39, 0.29) is 16.5 Å². The zero-order chi connectivity index (χ0) is 19.5. The fourth-order valence-electron chi connectivity index (χ4n) is 3.63. The maximum absolute atomic E-state index is 11.9. The third kappa shape index (κ3) is 6.37. The van der Waals surface area contributed by atoms with Crippen LogP contribution in [0.4, 0.5) is 0 Å². The SMILES string of the molecule is CON(C)C(=O)CC[C@H]1CC[C@H](C(C)(C)O[Si](C)(C)C(C)(C)C)CC1. The molecule has 25 heavy (non-hydrogen) atoms. The van der Waals surface area contributed by atoms with Gasteiger partial charge in [0.05, 0.1) is 12.7 Å². The zero-order valence-corrected chi connectivity index (χ0v) is 19.1. The normalized spacial score (nSPS) is 22.8. The number of hydrogen-bond donors (Lipinski definition) is 0. The first-order valence-electron chi connectivity index (χ1n) is 9.81. The van der Waals surface area contributed by atoms with Gasteiger partial charge in [0.1, 0.15) is 0 Å². The van der Waals surface area contributed by atoms with E-state index in [4.69, 9.17) is 9.26 Å².